The first kappa shape index (κ1) is 21.4. The van der Waals surface area contributed by atoms with Crippen molar-refractivity contribution < 1.29 is 9.28 Å². The van der Waals surface area contributed by atoms with E-state index in [0.29, 0.717) is 10.4 Å². The Labute approximate surface area is 151 Å². The Hall–Kier alpha value is -0.630. The fourth-order valence-electron chi connectivity index (χ4n) is 3.97. The second-order valence-corrected chi connectivity index (χ2v) is 7.76. The molecule has 0 saturated carbocycles. The van der Waals surface area contributed by atoms with Gasteiger partial charge in [0, 0.05) is 6.42 Å². The molecule has 0 spiro atoms. The summed E-state index contributed by atoms with van der Waals surface area (Å²) in [6.07, 6.45) is 23.1. The molecular formula is C22H42NO+. The molecule has 1 aliphatic rings. The van der Waals surface area contributed by atoms with Gasteiger partial charge < -0.3 is 0 Å². The summed E-state index contributed by atoms with van der Waals surface area (Å²) in [5.41, 5.74) is 0. The van der Waals surface area contributed by atoms with Gasteiger partial charge in [-0.1, -0.05) is 84.0 Å². The van der Waals surface area contributed by atoms with Crippen LogP contribution in [0.5, 0.6) is 0 Å². The van der Waals surface area contributed by atoms with Gasteiger partial charge >= 0.3 is 5.91 Å². The minimum Gasteiger partial charge on any atom is -0.235 e. The standard InChI is InChI=1S/C22H42NO/c1-3-5-6-7-8-9-10-11-12-13-14-15-16-17-20-23(4-2)21-18-19-22(23)24/h4H,2-3,5-21H2,1H3/q+1. The molecule has 1 amide bonds. The predicted molar refractivity (Wildman–Crippen MR) is 105 cm³/mol. The number of nitrogens with zero attached hydrogens (tertiary/aromatic N) is 1. The van der Waals surface area contributed by atoms with Crippen LogP contribution >= 0.6 is 0 Å². The van der Waals surface area contributed by atoms with E-state index in [-0.39, 0.29) is 0 Å². The van der Waals surface area contributed by atoms with Gasteiger partial charge in [-0.05, 0) is 19.4 Å². The molecule has 0 aromatic rings. The number of carbonyl (C=O) groups is 1. The van der Waals surface area contributed by atoms with Crippen LogP contribution in [-0.4, -0.2) is 23.5 Å². The monoisotopic (exact) mass is 336 g/mol. The lowest BCUT2D eigenvalue weighted by Crippen LogP contribution is -2.44. The summed E-state index contributed by atoms with van der Waals surface area (Å²) in [6, 6.07) is 0. The molecule has 0 radical (unpaired) electrons. The summed E-state index contributed by atoms with van der Waals surface area (Å²) in [7, 11) is 0. The Bertz CT molecular complexity index is 339. The lowest BCUT2D eigenvalue weighted by Gasteiger charge is -2.26. The van der Waals surface area contributed by atoms with Crippen LogP contribution in [0.25, 0.3) is 0 Å². The summed E-state index contributed by atoms with van der Waals surface area (Å²) >= 11 is 0. The molecule has 1 fully saturated rings. The van der Waals surface area contributed by atoms with Crippen LogP contribution in [0.4, 0.5) is 0 Å². The normalized spacial score (nSPS) is 20.6. The summed E-state index contributed by atoms with van der Waals surface area (Å²) in [5, 5.41) is 0. The van der Waals surface area contributed by atoms with Crippen LogP contribution in [0, 0.1) is 0 Å². The maximum absolute atomic E-state index is 12.0. The zero-order valence-corrected chi connectivity index (χ0v) is 16.4. The molecular weight excluding hydrogens is 294 g/mol. The summed E-state index contributed by atoms with van der Waals surface area (Å²) in [4.78, 5) is 12.0. The molecule has 0 aromatic carbocycles. The van der Waals surface area contributed by atoms with Gasteiger partial charge in [-0.2, -0.15) is 0 Å². The quantitative estimate of drug-likeness (QED) is 0.225. The molecule has 1 rings (SSSR count). The molecule has 2 nitrogen and oxygen atoms in total. The van der Waals surface area contributed by atoms with E-state index in [1.165, 1.54) is 89.9 Å². The van der Waals surface area contributed by atoms with Gasteiger partial charge in [0.25, 0.3) is 0 Å². The van der Waals surface area contributed by atoms with Gasteiger partial charge in [0.05, 0.1) is 25.7 Å². The molecule has 1 unspecified atom stereocenters. The van der Waals surface area contributed by atoms with Crippen LogP contribution < -0.4 is 0 Å². The Balaban J connectivity index is 1.84. The Morgan fingerprint density at radius 2 is 1.29 bits per heavy atom. The van der Waals surface area contributed by atoms with E-state index in [1.54, 1.807) is 0 Å². The molecule has 1 saturated heterocycles. The molecule has 1 aliphatic heterocycles. The van der Waals surface area contributed by atoms with Crippen molar-refractivity contribution in [3.05, 3.63) is 12.8 Å². The number of quaternary nitrogens is 1. The lowest BCUT2D eigenvalue weighted by molar-refractivity contribution is -0.794. The summed E-state index contributed by atoms with van der Waals surface area (Å²) in [6.45, 7) is 8.16. The van der Waals surface area contributed by atoms with E-state index in [0.717, 1.165) is 25.9 Å². The third-order valence-corrected chi connectivity index (χ3v) is 5.70. The third kappa shape index (κ3) is 8.46. The number of rotatable bonds is 16. The smallest absolute Gasteiger partial charge is 0.235 e. The van der Waals surface area contributed by atoms with Gasteiger partial charge in [0.15, 0.2) is 0 Å². The molecule has 1 atom stereocenters. The van der Waals surface area contributed by atoms with Crippen molar-refractivity contribution in [2.24, 2.45) is 0 Å². The highest BCUT2D eigenvalue weighted by Gasteiger charge is 2.38. The number of hydrogen-bond acceptors (Lipinski definition) is 1. The molecule has 1 heterocycles. The number of likely N-dealkylation sites (tertiary alicyclic amines) is 1. The van der Waals surface area contributed by atoms with Gasteiger partial charge in [-0.25, -0.2) is 9.28 Å². The first-order chi connectivity index (χ1) is 11.7. The van der Waals surface area contributed by atoms with Crippen molar-refractivity contribution in [3.63, 3.8) is 0 Å². The minimum absolute atomic E-state index is 0.389. The Morgan fingerprint density at radius 1 is 0.833 bits per heavy atom. The molecule has 0 bridgehead atoms. The van der Waals surface area contributed by atoms with Gasteiger partial charge in [-0.3, -0.25) is 0 Å². The SMILES string of the molecule is C=C[N+]1(CCCCCCCCCCCCCCCC)CCCC1=O. The number of amides is 1. The van der Waals surface area contributed by atoms with E-state index < -0.39 is 0 Å². The molecule has 24 heavy (non-hydrogen) atoms. The Morgan fingerprint density at radius 3 is 1.67 bits per heavy atom. The van der Waals surface area contributed by atoms with Crippen molar-refractivity contribution in [2.45, 2.75) is 110 Å². The molecule has 0 aromatic heterocycles. The lowest BCUT2D eigenvalue weighted by atomic mass is 10.0. The van der Waals surface area contributed by atoms with Crippen LogP contribution in [0.2, 0.25) is 0 Å². The zero-order valence-electron chi connectivity index (χ0n) is 16.4. The average molecular weight is 337 g/mol. The van der Waals surface area contributed by atoms with Gasteiger partial charge in [-0.15, -0.1) is 0 Å². The summed E-state index contributed by atoms with van der Waals surface area (Å²) in [5.74, 6) is 0.389. The number of hydrogen-bond donors (Lipinski definition) is 0. The highest BCUT2D eigenvalue weighted by atomic mass is 16.2. The molecule has 0 aliphatic carbocycles. The Kier molecular flexibility index (Phi) is 12.2. The number of unbranched alkanes of at least 4 members (excludes halogenated alkanes) is 13. The maximum atomic E-state index is 12.0. The molecule has 2 heteroatoms. The average Bonchev–Trinajstić information content (AvgIpc) is 2.96. The van der Waals surface area contributed by atoms with Crippen LogP contribution in [0.3, 0.4) is 0 Å². The van der Waals surface area contributed by atoms with Gasteiger partial charge in [0.1, 0.15) is 0 Å². The van der Waals surface area contributed by atoms with E-state index in [1.807, 2.05) is 6.20 Å². The predicted octanol–water partition coefficient (Wildman–Crippen LogP) is 6.75. The fourth-order valence-corrected chi connectivity index (χ4v) is 3.97. The molecule has 140 valence electrons. The maximum Gasteiger partial charge on any atom is 0.318 e. The van der Waals surface area contributed by atoms with E-state index in [2.05, 4.69) is 13.5 Å². The fraction of sp³-hybridized carbons (Fsp3) is 0.864. The summed E-state index contributed by atoms with van der Waals surface area (Å²) < 4.78 is 0.554. The topological polar surface area (TPSA) is 17.1 Å². The van der Waals surface area contributed by atoms with Crippen molar-refractivity contribution >= 4 is 5.91 Å². The first-order valence-electron chi connectivity index (χ1n) is 10.8. The van der Waals surface area contributed by atoms with Crippen molar-refractivity contribution in [3.8, 4) is 0 Å². The second kappa shape index (κ2) is 13.6. The van der Waals surface area contributed by atoms with Crippen LogP contribution in [-0.2, 0) is 4.79 Å². The van der Waals surface area contributed by atoms with Gasteiger partial charge in [0.2, 0.25) is 0 Å². The number of carbonyl (C=O) groups excluding carboxylic acids is 1. The van der Waals surface area contributed by atoms with Crippen molar-refractivity contribution in [1.29, 1.82) is 0 Å². The van der Waals surface area contributed by atoms with E-state index >= 15 is 0 Å². The third-order valence-electron chi connectivity index (χ3n) is 5.70. The minimum atomic E-state index is 0.389. The van der Waals surface area contributed by atoms with Crippen LogP contribution in [0.15, 0.2) is 12.8 Å². The highest BCUT2D eigenvalue weighted by molar-refractivity contribution is 5.71. The second-order valence-electron chi connectivity index (χ2n) is 7.76. The largest absolute Gasteiger partial charge is 0.318 e. The highest BCUT2D eigenvalue weighted by Crippen LogP contribution is 2.23. The first-order valence-corrected chi connectivity index (χ1v) is 10.8. The van der Waals surface area contributed by atoms with E-state index in [4.69, 9.17) is 0 Å². The van der Waals surface area contributed by atoms with Crippen LogP contribution in [0.1, 0.15) is 110 Å². The van der Waals surface area contributed by atoms with Crippen molar-refractivity contribution in [2.75, 3.05) is 13.1 Å². The molecule has 0 N–H and O–H groups in total. The zero-order chi connectivity index (χ0) is 17.5. The van der Waals surface area contributed by atoms with Crippen molar-refractivity contribution in [1.82, 2.24) is 0 Å². The van der Waals surface area contributed by atoms with E-state index in [9.17, 15) is 4.79 Å².